The van der Waals surface area contributed by atoms with Gasteiger partial charge in [-0.3, -0.25) is 14.5 Å². The van der Waals surface area contributed by atoms with Gasteiger partial charge in [-0.25, -0.2) is 0 Å². The van der Waals surface area contributed by atoms with E-state index in [9.17, 15) is 14.7 Å². The van der Waals surface area contributed by atoms with E-state index in [1.165, 1.54) is 19.3 Å². The number of hydrogen-bond acceptors (Lipinski definition) is 6. The zero-order valence-corrected chi connectivity index (χ0v) is 31.9. The molecule has 8 nitrogen and oxygen atoms in total. The Labute approximate surface area is 320 Å². The lowest BCUT2D eigenvalue weighted by Gasteiger charge is -2.50. The van der Waals surface area contributed by atoms with Crippen LogP contribution in [0.2, 0.25) is 0 Å². The molecular formula is C46H55N3O5. The number of aliphatic hydroxyl groups excluding tert-OH is 1. The lowest BCUT2D eigenvalue weighted by molar-refractivity contribution is -0.255. The van der Waals surface area contributed by atoms with Crippen LogP contribution in [0, 0.1) is 5.92 Å². The topological polar surface area (TPSA) is 100 Å². The summed E-state index contributed by atoms with van der Waals surface area (Å²) in [6.45, 7) is 7.24. The van der Waals surface area contributed by atoms with Crippen molar-refractivity contribution in [1.82, 2.24) is 15.5 Å². The van der Waals surface area contributed by atoms with Gasteiger partial charge in [0.25, 0.3) is 5.91 Å². The van der Waals surface area contributed by atoms with E-state index < -0.39 is 6.29 Å². The second kappa shape index (κ2) is 17.0. The molecule has 284 valence electrons. The Bertz CT molecular complexity index is 1860. The summed E-state index contributed by atoms with van der Waals surface area (Å²) in [4.78, 5) is 28.9. The summed E-state index contributed by atoms with van der Waals surface area (Å²) < 4.78 is 13.6. The molecule has 0 bridgehead atoms. The average Bonchev–Trinajstić information content (AvgIpc) is 3.20. The smallest absolute Gasteiger partial charge is 0.251 e. The minimum absolute atomic E-state index is 0.00667. The minimum Gasteiger partial charge on any atom is -0.392 e. The predicted molar refractivity (Wildman–Crippen MR) is 211 cm³/mol. The summed E-state index contributed by atoms with van der Waals surface area (Å²) in [5.41, 5.74) is 6.32. The second-order valence-corrected chi connectivity index (χ2v) is 16.4. The fourth-order valence-corrected chi connectivity index (χ4v) is 8.56. The van der Waals surface area contributed by atoms with Gasteiger partial charge in [-0.05, 0) is 98.4 Å². The number of rotatable bonds is 10. The minimum atomic E-state index is -0.589. The third-order valence-electron chi connectivity index (χ3n) is 11.3. The molecule has 1 saturated carbocycles. The number of amides is 2. The molecule has 0 spiro atoms. The first kappa shape index (κ1) is 38.0. The van der Waals surface area contributed by atoms with Gasteiger partial charge >= 0.3 is 0 Å². The molecule has 4 aromatic rings. The van der Waals surface area contributed by atoms with Crippen molar-refractivity contribution in [3.05, 3.63) is 131 Å². The van der Waals surface area contributed by atoms with Crippen molar-refractivity contribution in [3.8, 4) is 11.1 Å². The van der Waals surface area contributed by atoms with E-state index >= 15 is 0 Å². The van der Waals surface area contributed by atoms with Crippen molar-refractivity contribution in [3.63, 3.8) is 0 Å². The molecule has 3 aliphatic rings. The van der Waals surface area contributed by atoms with Crippen LogP contribution < -0.4 is 10.6 Å². The highest BCUT2D eigenvalue weighted by atomic mass is 16.7. The zero-order valence-electron chi connectivity index (χ0n) is 31.9. The Hall–Kier alpha value is -4.34. The number of piperidine rings is 1. The van der Waals surface area contributed by atoms with E-state index in [-0.39, 0.29) is 42.2 Å². The molecule has 54 heavy (non-hydrogen) atoms. The Balaban J connectivity index is 1.10. The van der Waals surface area contributed by atoms with Crippen LogP contribution in [0.1, 0.15) is 111 Å². The van der Waals surface area contributed by atoms with Crippen LogP contribution in [0.5, 0.6) is 0 Å². The quantitative estimate of drug-likeness (QED) is 0.152. The number of ether oxygens (including phenoxy) is 2. The average molecular weight is 730 g/mol. The van der Waals surface area contributed by atoms with Crippen molar-refractivity contribution in [2.24, 2.45) is 5.92 Å². The second-order valence-electron chi connectivity index (χ2n) is 16.4. The molecular weight excluding hydrogens is 675 g/mol. The Morgan fingerprint density at radius 1 is 0.778 bits per heavy atom. The lowest BCUT2D eigenvalue weighted by Crippen LogP contribution is -2.61. The van der Waals surface area contributed by atoms with Crippen molar-refractivity contribution < 1.29 is 24.2 Å². The van der Waals surface area contributed by atoms with Gasteiger partial charge in [0, 0.05) is 42.2 Å². The molecule has 2 amide bonds. The van der Waals surface area contributed by atoms with Gasteiger partial charge in [0.05, 0.1) is 24.9 Å². The van der Waals surface area contributed by atoms with E-state index in [0.29, 0.717) is 37.0 Å². The van der Waals surface area contributed by atoms with E-state index in [0.717, 1.165) is 52.6 Å². The first-order chi connectivity index (χ1) is 26.1. The van der Waals surface area contributed by atoms with Crippen LogP contribution in [-0.2, 0) is 27.4 Å². The van der Waals surface area contributed by atoms with Crippen molar-refractivity contribution >= 4 is 11.8 Å². The number of likely N-dealkylation sites (tertiary alicyclic amines) is 1. The van der Waals surface area contributed by atoms with Gasteiger partial charge in [0.1, 0.15) is 0 Å². The molecule has 7 rings (SSSR count). The van der Waals surface area contributed by atoms with E-state index in [4.69, 9.17) is 9.47 Å². The number of nitrogens with one attached hydrogen (secondary N) is 2. The standard InChI is InChI=1S/C46H55N3O5/c1-46(2,3)48-44(52)41-25-24-34-11-7-8-15-40(34)49(41)29-39-27-42(35-18-16-31(30-50)17-19-35)54-45(53-39)37-22-20-33(21-23-37)38-14-9-10-32(26-38)28-47-43(51)36-12-5-4-6-13-36/h4-6,9-10,12-14,16-23,26,34,39-42,45,50H,7-8,11,15,24-25,27-30H2,1-3H3,(H,47,51)(H,48,52)/t34-,39-,40-,41-,42+,45+/m1/s1. The molecule has 3 N–H and O–H groups in total. The van der Waals surface area contributed by atoms with Crippen LogP contribution in [0.25, 0.3) is 11.1 Å². The van der Waals surface area contributed by atoms with Gasteiger partial charge in [-0.1, -0.05) is 97.8 Å². The van der Waals surface area contributed by atoms with Crippen LogP contribution in [0.15, 0.2) is 103 Å². The first-order valence-electron chi connectivity index (χ1n) is 19.7. The third kappa shape index (κ3) is 9.29. The number of hydrogen-bond donors (Lipinski definition) is 3. The highest BCUT2D eigenvalue weighted by molar-refractivity contribution is 5.94. The number of aliphatic hydroxyl groups is 1. The van der Waals surface area contributed by atoms with E-state index in [1.807, 2.05) is 66.7 Å². The van der Waals surface area contributed by atoms with Crippen LogP contribution in [-0.4, -0.2) is 52.1 Å². The number of nitrogens with zero attached hydrogens (tertiary/aromatic N) is 1. The van der Waals surface area contributed by atoms with Crippen LogP contribution in [0.4, 0.5) is 0 Å². The predicted octanol–water partition coefficient (Wildman–Crippen LogP) is 8.26. The normalized spacial score (nSPS) is 24.7. The molecule has 0 aromatic heterocycles. The Kier molecular flexibility index (Phi) is 11.9. The van der Waals surface area contributed by atoms with Gasteiger partial charge in [-0.15, -0.1) is 0 Å². The largest absolute Gasteiger partial charge is 0.392 e. The van der Waals surface area contributed by atoms with Crippen LogP contribution in [0.3, 0.4) is 0 Å². The molecule has 2 aliphatic heterocycles. The lowest BCUT2D eigenvalue weighted by atomic mass is 9.75. The fourth-order valence-electron chi connectivity index (χ4n) is 8.56. The van der Waals surface area contributed by atoms with Gasteiger partial charge in [0.2, 0.25) is 5.91 Å². The van der Waals surface area contributed by atoms with Gasteiger partial charge in [-0.2, -0.15) is 0 Å². The molecule has 6 atom stereocenters. The maximum Gasteiger partial charge on any atom is 0.251 e. The van der Waals surface area contributed by atoms with Crippen molar-refractivity contribution in [2.75, 3.05) is 6.54 Å². The monoisotopic (exact) mass is 729 g/mol. The highest BCUT2D eigenvalue weighted by Gasteiger charge is 2.44. The van der Waals surface area contributed by atoms with E-state index in [1.54, 1.807) is 0 Å². The Morgan fingerprint density at radius 3 is 2.26 bits per heavy atom. The summed E-state index contributed by atoms with van der Waals surface area (Å²) in [5.74, 6) is 0.631. The molecule has 2 heterocycles. The highest BCUT2D eigenvalue weighted by Crippen LogP contribution is 2.42. The summed E-state index contributed by atoms with van der Waals surface area (Å²) >= 11 is 0. The van der Waals surface area contributed by atoms with E-state index in [2.05, 4.69) is 72.7 Å². The molecule has 0 radical (unpaired) electrons. The molecule has 3 fully saturated rings. The molecule has 4 aromatic carbocycles. The fraction of sp³-hybridized carbons (Fsp3) is 0.435. The summed E-state index contributed by atoms with van der Waals surface area (Å²) in [6.07, 6.45) is 6.48. The molecule has 1 aliphatic carbocycles. The number of carbonyl (C=O) groups excluding carboxylic acids is 2. The Morgan fingerprint density at radius 2 is 1.52 bits per heavy atom. The molecule has 0 unspecified atom stereocenters. The maximum absolute atomic E-state index is 13.8. The third-order valence-corrected chi connectivity index (χ3v) is 11.3. The summed E-state index contributed by atoms with van der Waals surface area (Å²) in [6, 6.07) is 34.0. The number of fused-ring (bicyclic) bond motifs is 1. The first-order valence-corrected chi connectivity index (χ1v) is 19.7. The maximum atomic E-state index is 13.8. The van der Waals surface area contributed by atoms with Crippen molar-refractivity contribution in [2.45, 2.75) is 115 Å². The van der Waals surface area contributed by atoms with Gasteiger partial charge in [0.15, 0.2) is 6.29 Å². The number of benzene rings is 4. The van der Waals surface area contributed by atoms with Gasteiger partial charge < -0.3 is 25.2 Å². The molecule has 8 heteroatoms. The number of carbonyl (C=O) groups is 2. The summed E-state index contributed by atoms with van der Waals surface area (Å²) in [7, 11) is 0. The van der Waals surface area contributed by atoms with Crippen molar-refractivity contribution in [1.29, 1.82) is 0 Å². The molecule has 2 saturated heterocycles. The van der Waals surface area contributed by atoms with Crippen LogP contribution >= 0.6 is 0 Å². The SMILES string of the molecule is CC(C)(C)NC(=O)[C@H]1CC[C@H]2CCCC[C@H]2N1C[C@H]1C[C@@H](c2ccc(CO)cc2)O[C@@H](c2ccc(-c3cccc(CNC(=O)c4ccccc4)c3)cc2)O1. The summed E-state index contributed by atoms with van der Waals surface area (Å²) in [5, 5.41) is 16.0. The zero-order chi connectivity index (χ0) is 37.7.